The molecule has 0 radical (unpaired) electrons. The first-order valence-electron chi connectivity index (χ1n) is 6.71. The summed E-state index contributed by atoms with van der Waals surface area (Å²) in [6, 6.07) is 9.06. The monoisotopic (exact) mass is 284 g/mol. The van der Waals surface area contributed by atoms with Crippen molar-refractivity contribution in [1.29, 1.82) is 0 Å². The summed E-state index contributed by atoms with van der Waals surface area (Å²) >= 11 is 0. The first-order valence-corrected chi connectivity index (χ1v) is 6.71. The molecule has 0 aliphatic heterocycles. The van der Waals surface area contributed by atoms with Crippen molar-refractivity contribution in [2.75, 3.05) is 7.11 Å². The van der Waals surface area contributed by atoms with Gasteiger partial charge in [0.2, 0.25) is 0 Å². The lowest BCUT2D eigenvalue weighted by Crippen LogP contribution is -2.22. The standard InChI is InChI=1S/C16H16N2O3/c1-10(19)11-5-6-12-14(8-11)18(9-21-2)16(20)13-4-3-7-17-15(12)13/h3-8,10,19H,9H2,1-2H3. The van der Waals surface area contributed by atoms with Gasteiger partial charge in [0.15, 0.2) is 0 Å². The summed E-state index contributed by atoms with van der Waals surface area (Å²) in [6.07, 6.45) is 1.07. The molecule has 5 heteroatoms. The molecule has 3 aromatic rings. The Hall–Kier alpha value is -2.24. The third-order valence-corrected chi connectivity index (χ3v) is 3.59. The van der Waals surface area contributed by atoms with Crippen LogP contribution in [0.15, 0.2) is 41.3 Å². The van der Waals surface area contributed by atoms with Crippen LogP contribution in [0.3, 0.4) is 0 Å². The molecule has 0 saturated carbocycles. The van der Waals surface area contributed by atoms with E-state index in [2.05, 4.69) is 4.98 Å². The van der Waals surface area contributed by atoms with Crippen LogP contribution in [0.4, 0.5) is 0 Å². The largest absolute Gasteiger partial charge is 0.389 e. The van der Waals surface area contributed by atoms with E-state index in [4.69, 9.17) is 4.74 Å². The number of benzene rings is 1. The number of ether oxygens (including phenoxy) is 1. The molecule has 0 bridgehead atoms. The molecule has 1 N–H and O–H groups in total. The Labute approximate surface area is 121 Å². The number of pyridine rings is 2. The fourth-order valence-electron chi connectivity index (χ4n) is 2.54. The molecule has 3 rings (SSSR count). The third kappa shape index (κ3) is 2.20. The Morgan fingerprint density at radius 1 is 1.33 bits per heavy atom. The Morgan fingerprint density at radius 2 is 2.14 bits per heavy atom. The third-order valence-electron chi connectivity index (χ3n) is 3.59. The van der Waals surface area contributed by atoms with Crippen LogP contribution in [0.5, 0.6) is 0 Å². The highest BCUT2D eigenvalue weighted by atomic mass is 16.5. The number of hydrogen-bond donors (Lipinski definition) is 1. The molecule has 21 heavy (non-hydrogen) atoms. The van der Waals surface area contributed by atoms with Crippen LogP contribution in [0, 0.1) is 0 Å². The normalized spacial score (nSPS) is 12.9. The Kier molecular flexibility index (Phi) is 3.45. The van der Waals surface area contributed by atoms with Gasteiger partial charge >= 0.3 is 0 Å². The molecular formula is C16H16N2O3. The maximum Gasteiger partial charge on any atom is 0.262 e. The minimum atomic E-state index is -0.597. The van der Waals surface area contributed by atoms with Crippen LogP contribution in [-0.4, -0.2) is 21.8 Å². The van der Waals surface area contributed by atoms with Gasteiger partial charge in [0.1, 0.15) is 6.73 Å². The van der Waals surface area contributed by atoms with Gasteiger partial charge in [0.25, 0.3) is 5.56 Å². The maximum absolute atomic E-state index is 12.6. The lowest BCUT2D eigenvalue weighted by atomic mass is 10.1. The molecule has 1 unspecified atom stereocenters. The van der Waals surface area contributed by atoms with Gasteiger partial charge in [-0.25, -0.2) is 0 Å². The van der Waals surface area contributed by atoms with Crippen molar-refractivity contribution in [1.82, 2.24) is 9.55 Å². The molecule has 0 aliphatic rings. The second-order valence-corrected chi connectivity index (χ2v) is 5.00. The molecule has 0 spiro atoms. The van der Waals surface area contributed by atoms with Crippen molar-refractivity contribution in [2.24, 2.45) is 0 Å². The molecule has 0 amide bonds. The smallest absolute Gasteiger partial charge is 0.262 e. The van der Waals surface area contributed by atoms with Crippen LogP contribution in [-0.2, 0) is 11.5 Å². The first kappa shape index (κ1) is 13.7. The fraction of sp³-hybridized carbons (Fsp3) is 0.250. The highest BCUT2D eigenvalue weighted by molar-refractivity contribution is 6.03. The predicted octanol–water partition coefficient (Wildman–Crippen LogP) is 2.21. The topological polar surface area (TPSA) is 64.4 Å². The number of fused-ring (bicyclic) bond motifs is 3. The van der Waals surface area contributed by atoms with E-state index in [1.165, 1.54) is 0 Å². The van der Waals surface area contributed by atoms with Crippen LogP contribution in [0.25, 0.3) is 21.8 Å². The lowest BCUT2D eigenvalue weighted by molar-refractivity contribution is 0.132. The number of nitrogens with zero attached hydrogens (tertiary/aromatic N) is 2. The van der Waals surface area contributed by atoms with E-state index >= 15 is 0 Å². The molecule has 108 valence electrons. The molecular weight excluding hydrogens is 268 g/mol. The summed E-state index contributed by atoms with van der Waals surface area (Å²) in [5, 5.41) is 11.2. The molecule has 1 atom stereocenters. The summed E-state index contributed by atoms with van der Waals surface area (Å²) in [5.74, 6) is 0. The molecule has 1 aromatic carbocycles. The van der Waals surface area contributed by atoms with Gasteiger partial charge in [-0.1, -0.05) is 12.1 Å². The van der Waals surface area contributed by atoms with E-state index in [-0.39, 0.29) is 12.3 Å². The van der Waals surface area contributed by atoms with Crippen LogP contribution in [0.2, 0.25) is 0 Å². The van der Waals surface area contributed by atoms with Gasteiger partial charge in [-0.05, 0) is 30.7 Å². The van der Waals surface area contributed by atoms with Gasteiger partial charge in [0.05, 0.1) is 22.5 Å². The Balaban J connectivity index is 2.49. The number of aliphatic hydroxyl groups excluding tert-OH is 1. The van der Waals surface area contributed by atoms with Gasteiger partial charge in [-0.2, -0.15) is 0 Å². The minimum Gasteiger partial charge on any atom is -0.389 e. The van der Waals surface area contributed by atoms with Gasteiger partial charge < -0.3 is 9.84 Å². The number of aromatic nitrogens is 2. The van der Waals surface area contributed by atoms with Crippen molar-refractivity contribution < 1.29 is 9.84 Å². The van der Waals surface area contributed by atoms with Crippen molar-refractivity contribution in [2.45, 2.75) is 19.8 Å². The van der Waals surface area contributed by atoms with E-state index in [1.807, 2.05) is 18.2 Å². The summed E-state index contributed by atoms with van der Waals surface area (Å²) < 4.78 is 6.71. The Bertz CT molecular complexity index is 868. The number of methoxy groups -OCH3 is 1. The zero-order valence-corrected chi connectivity index (χ0v) is 11.9. The zero-order chi connectivity index (χ0) is 15.0. The average Bonchev–Trinajstić information content (AvgIpc) is 2.51. The SMILES string of the molecule is COCn1c(=O)c2cccnc2c2ccc(C(C)O)cc21. The van der Waals surface area contributed by atoms with Crippen molar-refractivity contribution >= 4 is 21.8 Å². The summed E-state index contributed by atoms with van der Waals surface area (Å²) in [6.45, 7) is 1.85. The van der Waals surface area contributed by atoms with Gasteiger partial charge in [0, 0.05) is 18.7 Å². The zero-order valence-electron chi connectivity index (χ0n) is 11.9. The minimum absolute atomic E-state index is 0.143. The van der Waals surface area contributed by atoms with E-state index in [0.29, 0.717) is 16.4 Å². The summed E-state index contributed by atoms with van der Waals surface area (Å²) in [4.78, 5) is 16.9. The second-order valence-electron chi connectivity index (χ2n) is 5.00. The molecule has 0 aliphatic carbocycles. The molecule has 0 fully saturated rings. The first-order chi connectivity index (χ1) is 10.1. The Morgan fingerprint density at radius 3 is 2.86 bits per heavy atom. The van der Waals surface area contributed by atoms with Crippen molar-refractivity contribution in [3.63, 3.8) is 0 Å². The summed E-state index contributed by atoms with van der Waals surface area (Å²) in [7, 11) is 1.55. The number of hydrogen-bond acceptors (Lipinski definition) is 4. The van der Waals surface area contributed by atoms with Crippen LogP contribution >= 0.6 is 0 Å². The van der Waals surface area contributed by atoms with E-state index in [1.54, 1.807) is 36.9 Å². The van der Waals surface area contributed by atoms with E-state index in [0.717, 1.165) is 10.9 Å². The van der Waals surface area contributed by atoms with Crippen molar-refractivity contribution in [3.05, 3.63) is 52.4 Å². The predicted molar refractivity (Wildman–Crippen MR) is 81.2 cm³/mol. The molecule has 2 aromatic heterocycles. The summed E-state index contributed by atoms with van der Waals surface area (Å²) in [5.41, 5.74) is 1.99. The number of rotatable bonds is 3. The quantitative estimate of drug-likeness (QED) is 0.749. The maximum atomic E-state index is 12.6. The number of aliphatic hydroxyl groups is 1. The van der Waals surface area contributed by atoms with Gasteiger partial charge in [-0.3, -0.25) is 14.3 Å². The van der Waals surface area contributed by atoms with Crippen LogP contribution in [0.1, 0.15) is 18.6 Å². The van der Waals surface area contributed by atoms with Crippen molar-refractivity contribution in [3.8, 4) is 0 Å². The average molecular weight is 284 g/mol. The molecule has 0 saturated heterocycles. The fourth-order valence-corrected chi connectivity index (χ4v) is 2.54. The highest BCUT2D eigenvalue weighted by Gasteiger charge is 2.13. The molecule has 5 nitrogen and oxygen atoms in total. The van der Waals surface area contributed by atoms with E-state index in [9.17, 15) is 9.90 Å². The molecule has 2 heterocycles. The second kappa shape index (κ2) is 5.27. The van der Waals surface area contributed by atoms with Gasteiger partial charge in [-0.15, -0.1) is 0 Å². The highest BCUT2D eigenvalue weighted by Crippen LogP contribution is 2.24. The van der Waals surface area contributed by atoms with E-state index < -0.39 is 6.10 Å². The van der Waals surface area contributed by atoms with Crippen LogP contribution < -0.4 is 5.56 Å². The lowest BCUT2D eigenvalue weighted by Gasteiger charge is -2.14.